The zero-order chi connectivity index (χ0) is 39.6. The molecule has 0 atom stereocenters. The monoisotopic (exact) mass is 740 g/mol. The van der Waals surface area contributed by atoms with Gasteiger partial charge in [-0.05, 0) is 115 Å². The number of hydrogen-bond donors (Lipinski definition) is 0. The van der Waals surface area contributed by atoms with Crippen LogP contribution in [-0.4, -0.2) is 14.5 Å². The summed E-state index contributed by atoms with van der Waals surface area (Å²) in [7, 11) is 0. The SMILES string of the molecule is N#Cc1ccc(N(c2ccc(C#N)cc2)c2ccc3c(c2)c2ccccc2n3-c2ccc(-c3cc(-c4cccc(C#N)c4)nc(-c4cccc(C#N)c4)n3)cc2)cc1. The summed E-state index contributed by atoms with van der Waals surface area (Å²) in [6.07, 6.45) is 0. The highest BCUT2D eigenvalue weighted by atomic mass is 15.1. The van der Waals surface area contributed by atoms with E-state index in [4.69, 9.17) is 9.97 Å². The Morgan fingerprint density at radius 3 is 1.55 bits per heavy atom. The highest BCUT2D eigenvalue weighted by molar-refractivity contribution is 6.10. The molecular formula is C50H28N8. The molecule has 9 aromatic rings. The molecule has 0 N–H and O–H groups in total. The van der Waals surface area contributed by atoms with Gasteiger partial charge in [0, 0.05) is 50.2 Å². The van der Waals surface area contributed by atoms with Crippen LogP contribution in [0, 0.1) is 45.3 Å². The van der Waals surface area contributed by atoms with Crippen LogP contribution >= 0.6 is 0 Å². The number of anilines is 3. The van der Waals surface area contributed by atoms with Crippen LogP contribution < -0.4 is 4.90 Å². The van der Waals surface area contributed by atoms with Gasteiger partial charge >= 0.3 is 0 Å². The van der Waals surface area contributed by atoms with Crippen molar-refractivity contribution in [1.82, 2.24) is 14.5 Å². The topological polar surface area (TPSA) is 129 Å². The third-order valence-corrected chi connectivity index (χ3v) is 10.1. The van der Waals surface area contributed by atoms with Crippen LogP contribution in [0.25, 0.3) is 61.4 Å². The van der Waals surface area contributed by atoms with Crippen molar-refractivity contribution >= 4 is 38.9 Å². The van der Waals surface area contributed by atoms with Crippen LogP contribution in [0.5, 0.6) is 0 Å². The normalized spacial score (nSPS) is 10.7. The maximum Gasteiger partial charge on any atom is 0.160 e. The van der Waals surface area contributed by atoms with Crippen molar-refractivity contribution in [3.8, 4) is 63.9 Å². The number of hydrogen-bond acceptors (Lipinski definition) is 7. The fraction of sp³-hybridized carbons (Fsp3) is 0. The summed E-state index contributed by atoms with van der Waals surface area (Å²) in [5.41, 5.74) is 11.7. The molecule has 0 amide bonds. The third-order valence-electron chi connectivity index (χ3n) is 10.1. The van der Waals surface area contributed by atoms with Crippen molar-refractivity contribution in [3.63, 3.8) is 0 Å². The van der Waals surface area contributed by atoms with Crippen LogP contribution in [0.1, 0.15) is 22.3 Å². The molecule has 8 heteroatoms. The predicted molar refractivity (Wildman–Crippen MR) is 226 cm³/mol. The number of aromatic nitrogens is 3. The highest BCUT2D eigenvalue weighted by Crippen LogP contribution is 2.40. The molecule has 0 saturated carbocycles. The van der Waals surface area contributed by atoms with E-state index in [9.17, 15) is 21.0 Å². The standard InChI is InChI=1S/C50H28N8/c51-29-33-11-17-40(18-12-33)57(41-19-13-34(30-52)14-20-41)43-23-24-49-45(27-43)44-9-1-2-10-48(44)58(49)42-21-15-37(16-22-42)46-28-47(38-7-3-5-35(25-38)31-53)56-50(55-46)39-8-4-6-36(26-39)32-54/h1-28H. The third kappa shape index (κ3) is 6.42. The highest BCUT2D eigenvalue weighted by Gasteiger charge is 2.18. The van der Waals surface area contributed by atoms with Crippen molar-refractivity contribution in [2.45, 2.75) is 0 Å². The molecular weight excluding hydrogens is 713 g/mol. The summed E-state index contributed by atoms with van der Waals surface area (Å²) in [6.45, 7) is 0. The van der Waals surface area contributed by atoms with E-state index in [2.05, 4.69) is 88.3 Å². The lowest BCUT2D eigenvalue weighted by molar-refractivity contribution is 1.17. The van der Waals surface area contributed by atoms with Gasteiger partial charge in [-0.25, -0.2) is 9.97 Å². The Bertz CT molecular complexity index is 3070. The Labute approximate surface area is 334 Å². The summed E-state index contributed by atoms with van der Waals surface area (Å²) in [5, 5.41) is 40.3. The molecule has 0 aliphatic carbocycles. The minimum Gasteiger partial charge on any atom is -0.310 e. The second kappa shape index (κ2) is 14.8. The van der Waals surface area contributed by atoms with Crippen LogP contribution in [-0.2, 0) is 0 Å². The van der Waals surface area contributed by atoms with Crippen LogP contribution in [0.15, 0.2) is 170 Å². The van der Waals surface area contributed by atoms with E-state index in [0.29, 0.717) is 39.5 Å². The lowest BCUT2D eigenvalue weighted by atomic mass is 10.0. The van der Waals surface area contributed by atoms with Gasteiger partial charge in [0.15, 0.2) is 5.82 Å². The molecule has 0 bridgehead atoms. The molecule has 268 valence electrons. The number of rotatable bonds is 7. The van der Waals surface area contributed by atoms with E-state index in [0.717, 1.165) is 61.2 Å². The van der Waals surface area contributed by atoms with Gasteiger partial charge in [-0.1, -0.05) is 54.6 Å². The van der Waals surface area contributed by atoms with E-state index < -0.39 is 0 Å². The Morgan fingerprint density at radius 1 is 0.397 bits per heavy atom. The molecule has 0 fully saturated rings. The molecule has 9 rings (SSSR count). The number of para-hydroxylation sites is 1. The molecule has 7 aromatic carbocycles. The van der Waals surface area contributed by atoms with Crippen molar-refractivity contribution in [1.29, 1.82) is 21.0 Å². The second-order valence-corrected chi connectivity index (χ2v) is 13.6. The van der Waals surface area contributed by atoms with Crippen LogP contribution in [0.4, 0.5) is 17.1 Å². The summed E-state index contributed by atoms with van der Waals surface area (Å²) in [4.78, 5) is 12.0. The van der Waals surface area contributed by atoms with Gasteiger partial charge in [0.05, 0.1) is 69.0 Å². The van der Waals surface area contributed by atoms with E-state index in [1.54, 1.807) is 18.2 Å². The predicted octanol–water partition coefficient (Wildman–Crippen LogP) is 11.5. The summed E-state index contributed by atoms with van der Waals surface area (Å²) >= 11 is 0. The average Bonchev–Trinajstić information content (AvgIpc) is 3.63. The van der Waals surface area contributed by atoms with Gasteiger partial charge in [0.1, 0.15) is 0 Å². The van der Waals surface area contributed by atoms with Crippen molar-refractivity contribution in [3.05, 3.63) is 192 Å². The van der Waals surface area contributed by atoms with E-state index in [-0.39, 0.29) is 0 Å². The van der Waals surface area contributed by atoms with Gasteiger partial charge in [0.2, 0.25) is 0 Å². The van der Waals surface area contributed by atoms with Crippen molar-refractivity contribution in [2.75, 3.05) is 4.90 Å². The van der Waals surface area contributed by atoms with Crippen LogP contribution in [0.3, 0.4) is 0 Å². The number of nitriles is 4. The Morgan fingerprint density at radius 2 is 0.931 bits per heavy atom. The van der Waals surface area contributed by atoms with Gasteiger partial charge < -0.3 is 9.47 Å². The van der Waals surface area contributed by atoms with E-state index in [1.165, 1.54) is 0 Å². The molecule has 0 saturated heterocycles. The molecule has 58 heavy (non-hydrogen) atoms. The average molecular weight is 741 g/mol. The molecule has 0 radical (unpaired) electrons. The first-order valence-electron chi connectivity index (χ1n) is 18.4. The molecule has 0 aliphatic rings. The summed E-state index contributed by atoms with van der Waals surface area (Å²) < 4.78 is 2.25. The largest absolute Gasteiger partial charge is 0.310 e. The summed E-state index contributed by atoms with van der Waals surface area (Å²) in [5.74, 6) is 0.477. The van der Waals surface area contributed by atoms with Gasteiger partial charge in [-0.15, -0.1) is 0 Å². The van der Waals surface area contributed by atoms with Gasteiger partial charge in [0.25, 0.3) is 0 Å². The van der Waals surface area contributed by atoms with Crippen LogP contribution in [0.2, 0.25) is 0 Å². The van der Waals surface area contributed by atoms with E-state index in [1.807, 2.05) is 97.1 Å². The summed E-state index contributed by atoms with van der Waals surface area (Å²) in [6, 6.07) is 63.3. The molecule has 2 aromatic heterocycles. The Kier molecular flexibility index (Phi) is 8.90. The zero-order valence-corrected chi connectivity index (χ0v) is 30.7. The van der Waals surface area contributed by atoms with Crippen molar-refractivity contribution in [2.24, 2.45) is 0 Å². The molecule has 8 nitrogen and oxygen atoms in total. The lowest BCUT2D eigenvalue weighted by Crippen LogP contribution is -2.10. The number of benzene rings is 7. The molecule has 0 aliphatic heterocycles. The van der Waals surface area contributed by atoms with E-state index >= 15 is 0 Å². The maximum absolute atomic E-state index is 9.60. The zero-order valence-electron chi connectivity index (χ0n) is 30.7. The molecule has 0 spiro atoms. The molecule has 0 unspecified atom stereocenters. The van der Waals surface area contributed by atoms with Crippen molar-refractivity contribution < 1.29 is 0 Å². The second-order valence-electron chi connectivity index (χ2n) is 13.6. The lowest BCUT2D eigenvalue weighted by Gasteiger charge is -2.25. The fourth-order valence-electron chi connectivity index (χ4n) is 7.32. The maximum atomic E-state index is 9.60. The Balaban J connectivity index is 1.15. The van der Waals surface area contributed by atoms with Gasteiger partial charge in [-0.3, -0.25) is 0 Å². The fourth-order valence-corrected chi connectivity index (χ4v) is 7.32. The first-order chi connectivity index (χ1) is 28.5. The van der Waals surface area contributed by atoms with Gasteiger partial charge in [-0.2, -0.15) is 21.0 Å². The first-order valence-corrected chi connectivity index (χ1v) is 18.4. The quantitative estimate of drug-likeness (QED) is 0.159. The number of nitrogens with zero attached hydrogens (tertiary/aromatic N) is 8. The molecule has 2 heterocycles. The minimum absolute atomic E-state index is 0.477. The number of fused-ring (bicyclic) bond motifs is 3. The minimum atomic E-state index is 0.477. The smallest absolute Gasteiger partial charge is 0.160 e. The Hall–Kier alpha value is -8.82. The first kappa shape index (κ1) is 34.9.